The second-order valence-corrected chi connectivity index (χ2v) is 5.80. The third-order valence-electron chi connectivity index (χ3n) is 4.03. The van der Waals surface area contributed by atoms with Crippen LogP contribution in [0.15, 0.2) is 18.2 Å². The number of aliphatic hydroxyl groups excluding tert-OH is 1. The van der Waals surface area contributed by atoms with Crippen LogP contribution in [-0.4, -0.2) is 31.3 Å². The van der Waals surface area contributed by atoms with Gasteiger partial charge in [-0.15, -0.1) is 0 Å². The highest BCUT2D eigenvalue weighted by Gasteiger charge is 2.19. The number of benzene rings is 1. The van der Waals surface area contributed by atoms with Crippen LogP contribution in [0.4, 0.5) is 10.1 Å². The van der Waals surface area contributed by atoms with Crippen molar-refractivity contribution in [3.63, 3.8) is 0 Å². The number of anilines is 1. The highest BCUT2D eigenvalue weighted by molar-refractivity contribution is 5.50. The summed E-state index contributed by atoms with van der Waals surface area (Å²) in [5.74, 6) is 0.488. The van der Waals surface area contributed by atoms with Crippen molar-refractivity contribution in [1.82, 2.24) is 5.32 Å². The minimum absolute atomic E-state index is 0.0472. The van der Waals surface area contributed by atoms with Gasteiger partial charge in [-0.3, -0.25) is 0 Å². The summed E-state index contributed by atoms with van der Waals surface area (Å²) in [5.41, 5.74) is 1.64. The first kappa shape index (κ1) is 15.3. The van der Waals surface area contributed by atoms with Crippen LogP contribution < -0.4 is 10.2 Å². The van der Waals surface area contributed by atoms with E-state index in [2.05, 4.69) is 17.1 Å². The van der Waals surface area contributed by atoms with E-state index < -0.39 is 0 Å². The van der Waals surface area contributed by atoms with Crippen molar-refractivity contribution < 1.29 is 9.50 Å². The fraction of sp³-hybridized carbons (Fsp3) is 0.625. The Kier molecular flexibility index (Phi) is 5.38. The number of aliphatic hydroxyl groups is 1. The molecule has 1 fully saturated rings. The summed E-state index contributed by atoms with van der Waals surface area (Å²) in [6, 6.07) is 5.53. The Labute approximate surface area is 120 Å². The molecular formula is C16H25FN2O. The zero-order chi connectivity index (χ0) is 14.5. The molecule has 1 aliphatic heterocycles. The van der Waals surface area contributed by atoms with E-state index >= 15 is 0 Å². The number of halogens is 1. The maximum atomic E-state index is 14.3. The maximum absolute atomic E-state index is 14.3. The Morgan fingerprint density at radius 3 is 2.95 bits per heavy atom. The Morgan fingerprint density at radius 1 is 1.50 bits per heavy atom. The molecule has 2 atom stereocenters. The number of rotatable bonds is 5. The molecule has 0 radical (unpaired) electrons. The monoisotopic (exact) mass is 280 g/mol. The van der Waals surface area contributed by atoms with E-state index in [4.69, 9.17) is 5.11 Å². The van der Waals surface area contributed by atoms with E-state index in [1.54, 1.807) is 6.07 Å². The summed E-state index contributed by atoms with van der Waals surface area (Å²) in [5, 5.41) is 12.0. The smallest absolute Gasteiger partial charge is 0.146 e. The molecule has 112 valence electrons. The van der Waals surface area contributed by atoms with Crippen molar-refractivity contribution in [1.29, 1.82) is 0 Å². The second-order valence-electron chi connectivity index (χ2n) is 5.80. The van der Waals surface area contributed by atoms with E-state index in [9.17, 15) is 4.39 Å². The molecule has 1 aliphatic rings. The molecule has 2 rings (SSSR count). The lowest BCUT2D eigenvalue weighted by molar-refractivity contribution is 0.286. The van der Waals surface area contributed by atoms with Gasteiger partial charge in [-0.05, 0) is 43.4 Å². The molecule has 4 heteroatoms. The van der Waals surface area contributed by atoms with Gasteiger partial charge in [0.25, 0.3) is 0 Å². The first-order chi connectivity index (χ1) is 9.61. The van der Waals surface area contributed by atoms with Crippen LogP contribution in [-0.2, 0) is 0 Å². The van der Waals surface area contributed by atoms with Crippen LogP contribution in [0.1, 0.15) is 38.3 Å². The van der Waals surface area contributed by atoms with Crippen molar-refractivity contribution in [2.45, 2.75) is 32.7 Å². The molecule has 0 aliphatic carbocycles. The van der Waals surface area contributed by atoms with Gasteiger partial charge in [0.05, 0.1) is 12.3 Å². The van der Waals surface area contributed by atoms with E-state index in [1.807, 2.05) is 19.1 Å². The van der Waals surface area contributed by atoms with E-state index in [0.29, 0.717) is 12.5 Å². The standard InChI is InChI=1S/C16H25FN2O/c1-12-4-3-8-19(11-12)16-6-5-14(10-15(16)17)13(2)18-7-9-20/h5-6,10,12-13,18,20H,3-4,7-9,11H2,1-2H3/t12-,13+/m1/s1. The number of nitrogens with zero attached hydrogens (tertiary/aromatic N) is 1. The largest absolute Gasteiger partial charge is 0.395 e. The SMILES string of the molecule is C[C@@H]1CCCN(c2ccc([C@H](C)NCCO)cc2F)C1. The van der Waals surface area contributed by atoms with Crippen molar-refractivity contribution >= 4 is 5.69 Å². The molecule has 1 heterocycles. The highest BCUT2D eigenvalue weighted by Crippen LogP contribution is 2.27. The van der Waals surface area contributed by atoms with Gasteiger partial charge in [-0.2, -0.15) is 0 Å². The molecule has 0 saturated carbocycles. The van der Waals surface area contributed by atoms with Gasteiger partial charge in [0.15, 0.2) is 0 Å². The van der Waals surface area contributed by atoms with Crippen LogP contribution in [0, 0.1) is 11.7 Å². The van der Waals surface area contributed by atoms with E-state index in [1.165, 1.54) is 6.42 Å². The van der Waals surface area contributed by atoms with Crippen LogP contribution >= 0.6 is 0 Å². The molecule has 0 amide bonds. The molecule has 2 N–H and O–H groups in total. The maximum Gasteiger partial charge on any atom is 0.146 e. The Morgan fingerprint density at radius 2 is 2.30 bits per heavy atom. The lowest BCUT2D eigenvalue weighted by Crippen LogP contribution is -2.34. The van der Waals surface area contributed by atoms with Crippen molar-refractivity contribution in [3.8, 4) is 0 Å². The summed E-state index contributed by atoms with van der Waals surface area (Å²) in [7, 11) is 0. The average molecular weight is 280 g/mol. The summed E-state index contributed by atoms with van der Waals surface area (Å²) in [4.78, 5) is 2.15. The third kappa shape index (κ3) is 3.70. The normalized spacial score (nSPS) is 21.0. The van der Waals surface area contributed by atoms with Gasteiger partial charge in [0.2, 0.25) is 0 Å². The molecular weight excluding hydrogens is 255 g/mol. The fourth-order valence-corrected chi connectivity index (χ4v) is 2.86. The zero-order valence-electron chi connectivity index (χ0n) is 12.4. The average Bonchev–Trinajstić information content (AvgIpc) is 2.44. The van der Waals surface area contributed by atoms with E-state index in [-0.39, 0.29) is 18.5 Å². The summed E-state index contributed by atoms with van der Waals surface area (Å²) in [6.45, 7) is 6.70. The van der Waals surface area contributed by atoms with Gasteiger partial charge >= 0.3 is 0 Å². The quantitative estimate of drug-likeness (QED) is 0.870. The van der Waals surface area contributed by atoms with Crippen LogP contribution in [0.5, 0.6) is 0 Å². The topological polar surface area (TPSA) is 35.5 Å². The molecule has 3 nitrogen and oxygen atoms in total. The minimum Gasteiger partial charge on any atom is -0.395 e. The molecule has 0 aromatic heterocycles. The number of piperidine rings is 1. The number of hydrogen-bond donors (Lipinski definition) is 2. The summed E-state index contributed by atoms with van der Waals surface area (Å²) < 4.78 is 14.3. The van der Waals surface area contributed by atoms with Gasteiger partial charge in [0, 0.05) is 25.7 Å². The second kappa shape index (κ2) is 7.04. The predicted octanol–water partition coefficient (Wildman–Crippen LogP) is 2.70. The molecule has 0 spiro atoms. The Balaban J connectivity index is 2.09. The molecule has 20 heavy (non-hydrogen) atoms. The van der Waals surface area contributed by atoms with Gasteiger partial charge in [-0.25, -0.2) is 4.39 Å². The van der Waals surface area contributed by atoms with Crippen LogP contribution in [0.25, 0.3) is 0 Å². The van der Waals surface area contributed by atoms with Crippen molar-refractivity contribution in [2.75, 3.05) is 31.1 Å². The molecule has 0 bridgehead atoms. The minimum atomic E-state index is -0.144. The highest BCUT2D eigenvalue weighted by atomic mass is 19.1. The van der Waals surface area contributed by atoms with Crippen molar-refractivity contribution in [3.05, 3.63) is 29.6 Å². The summed E-state index contributed by atoms with van der Waals surface area (Å²) >= 11 is 0. The first-order valence-corrected chi connectivity index (χ1v) is 7.50. The van der Waals surface area contributed by atoms with Gasteiger partial charge in [0.1, 0.15) is 5.82 Å². The molecule has 1 saturated heterocycles. The molecule has 1 aromatic carbocycles. The molecule has 1 aromatic rings. The van der Waals surface area contributed by atoms with Gasteiger partial charge < -0.3 is 15.3 Å². The first-order valence-electron chi connectivity index (χ1n) is 7.50. The zero-order valence-corrected chi connectivity index (χ0v) is 12.4. The number of hydrogen-bond acceptors (Lipinski definition) is 3. The van der Waals surface area contributed by atoms with Crippen LogP contribution in [0.2, 0.25) is 0 Å². The lowest BCUT2D eigenvalue weighted by atomic mass is 9.99. The third-order valence-corrected chi connectivity index (χ3v) is 4.03. The fourth-order valence-electron chi connectivity index (χ4n) is 2.86. The van der Waals surface area contributed by atoms with Gasteiger partial charge in [-0.1, -0.05) is 13.0 Å². The molecule has 0 unspecified atom stereocenters. The Hall–Kier alpha value is -1.13. The lowest BCUT2D eigenvalue weighted by Gasteiger charge is -2.33. The number of nitrogens with one attached hydrogen (secondary N) is 1. The predicted molar refractivity (Wildman–Crippen MR) is 80.5 cm³/mol. The Bertz CT molecular complexity index is 438. The summed E-state index contributed by atoms with van der Waals surface area (Å²) in [6.07, 6.45) is 2.37. The van der Waals surface area contributed by atoms with Crippen molar-refractivity contribution in [2.24, 2.45) is 5.92 Å². The van der Waals surface area contributed by atoms with Crippen LogP contribution in [0.3, 0.4) is 0 Å². The van der Waals surface area contributed by atoms with E-state index in [0.717, 1.165) is 30.8 Å².